The van der Waals surface area contributed by atoms with Gasteiger partial charge in [-0.25, -0.2) is 4.39 Å². The van der Waals surface area contributed by atoms with Crippen molar-refractivity contribution in [3.05, 3.63) is 77.3 Å². The zero-order valence-corrected chi connectivity index (χ0v) is 17.4. The van der Waals surface area contributed by atoms with Gasteiger partial charge in [0, 0.05) is 12.1 Å². The summed E-state index contributed by atoms with van der Waals surface area (Å²) in [6.07, 6.45) is 5.65. The molecule has 1 saturated heterocycles. The maximum atomic E-state index is 14.1. The van der Waals surface area contributed by atoms with Gasteiger partial charge in [-0.15, -0.1) is 0 Å². The molecular weight excluding hydrogens is 395 g/mol. The molecule has 1 aliphatic carbocycles. The predicted octanol–water partition coefficient (Wildman–Crippen LogP) is 3.70. The maximum Gasteiger partial charge on any atom is 0.289 e. The minimum Gasteiger partial charge on any atom is -0.482 e. The number of fused-ring (bicyclic) bond motifs is 1. The van der Waals surface area contributed by atoms with E-state index in [1.54, 1.807) is 23.1 Å². The second-order valence-corrected chi connectivity index (χ2v) is 8.06. The number of hydrogen-bond acceptors (Lipinski definition) is 3. The number of nitrogens with one attached hydrogen (secondary N) is 1. The third-order valence-electron chi connectivity index (χ3n) is 5.90. The lowest BCUT2D eigenvalue weighted by Gasteiger charge is -2.44. The molecule has 1 heterocycles. The van der Waals surface area contributed by atoms with Gasteiger partial charge in [0.05, 0.1) is 6.04 Å². The second-order valence-electron chi connectivity index (χ2n) is 8.06. The van der Waals surface area contributed by atoms with Crippen LogP contribution in [0.2, 0.25) is 0 Å². The molecule has 0 spiro atoms. The summed E-state index contributed by atoms with van der Waals surface area (Å²) in [7, 11) is 0. The molecule has 4 rings (SSSR count). The Morgan fingerprint density at radius 2 is 1.84 bits per heavy atom. The normalized spacial score (nSPS) is 22.0. The van der Waals surface area contributed by atoms with Crippen LogP contribution < -0.4 is 5.32 Å². The van der Waals surface area contributed by atoms with E-state index in [-0.39, 0.29) is 36.3 Å². The van der Waals surface area contributed by atoms with E-state index in [1.165, 1.54) is 12.1 Å². The zero-order valence-electron chi connectivity index (χ0n) is 17.4. The Morgan fingerprint density at radius 1 is 1.10 bits per heavy atom. The number of benzene rings is 2. The lowest BCUT2D eigenvalue weighted by molar-refractivity contribution is -0.151. The van der Waals surface area contributed by atoms with Crippen LogP contribution in [-0.4, -0.2) is 41.9 Å². The van der Waals surface area contributed by atoms with Crippen molar-refractivity contribution in [1.82, 2.24) is 10.2 Å². The molecule has 1 saturated carbocycles. The minimum atomic E-state index is -0.414. The number of halogens is 1. The van der Waals surface area contributed by atoms with E-state index in [0.717, 1.165) is 37.7 Å². The van der Waals surface area contributed by atoms with Crippen LogP contribution in [0.25, 0.3) is 6.08 Å². The first-order valence-corrected chi connectivity index (χ1v) is 10.9. The van der Waals surface area contributed by atoms with E-state index >= 15 is 0 Å². The molecule has 2 amide bonds. The Morgan fingerprint density at radius 3 is 2.65 bits per heavy atom. The van der Waals surface area contributed by atoms with E-state index in [2.05, 4.69) is 5.32 Å². The van der Waals surface area contributed by atoms with Crippen LogP contribution in [0.5, 0.6) is 0 Å². The smallest absolute Gasteiger partial charge is 0.289 e. The number of carbonyl (C=O) groups excluding carboxylic acids is 2. The lowest BCUT2D eigenvalue weighted by Crippen LogP contribution is -2.57. The fourth-order valence-electron chi connectivity index (χ4n) is 4.30. The average Bonchev–Trinajstić information content (AvgIpc) is 2.79. The van der Waals surface area contributed by atoms with Crippen LogP contribution in [-0.2, 0) is 20.7 Å². The van der Waals surface area contributed by atoms with Crippen molar-refractivity contribution in [3.63, 3.8) is 0 Å². The molecule has 2 aliphatic rings. The molecule has 1 N–H and O–H groups in total. The van der Waals surface area contributed by atoms with E-state index in [4.69, 9.17) is 4.74 Å². The van der Waals surface area contributed by atoms with Gasteiger partial charge in [-0.05, 0) is 43.4 Å². The quantitative estimate of drug-likeness (QED) is 0.723. The molecule has 0 aromatic heterocycles. The number of carbonyl (C=O) groups is 2. The van der Waals surface area contributed by atoms with Crippen molar-refractivity contribution in [2.45, 2.75) is 44.2 Å². The summed E-state index contributed by atoms with van der Waals surface area (Å²) in [4.78, 5) is 27.4. The van der Waals surface area contributed by atoms with Gasteiger partial charge in [-0.3, -0.25) is 9.59 Å². The summed E-state index contributed by atoms with van der Waals surface area (Å²) in [5, 5.41) is 2.92. The first kappa shape index (κ1) is 21.1. The van der Waals surface area contributed by atoms with Crippen molar-refractivity contribution in [3.8, 4) is 0 Å². The highest BCUT2D eigenvalue weighted by Gasteiger charge is 2.42. The van der Waals surface area contributed by atoms with Crippen molar-refractivity contribution in [2.75, 3.05) is 13.1 Å². The Bertz CT molecular complexity index is 960. The Kier molecular flexibility index (Phi) is 6.65. The van der Waals surface area contributed by atoms with Gasteiger partial charge in [-0.2, -0.15) is 0 Å². The molecule has 2 aromatic rings. The van der Waals surface area contributed by atoms with E-state index < -0.39 is 5.82 Å². The van der Waals surface area contributed by atoms with Gasteiger partial charge >= 0.3 is 0 Å². The molecular formula is C25H27FN2O3. The third-order valence-corrected chi connectivity index (χ3v) is 5.90. The number of morpholine rings is 1. The first-order valence-electron chi connectivity index (χ1n) is 10.9. The third kappa shape index (κ3) is 5.13. The molecule has 162 valence electrons. The highest BCUT2D eigenvalue weighted by molar-refractivity contribution is 5.98. The maximum absolute atomic E-state index is 14.1. The average molecular weight is 423 g/mol. The molecule has 31 heavy (non-hydrogen) atoms. The molecule has 5 nitrogen and oxygen atoms in total. The van der Waals surface area contributed by atoms with Crippen LogP contribution >= 0.6 is 0 Å². The van der Waals surface area contributed by atoms with Crippen molar-refractivity contribution < 1.29 is 18.7 Å². The molecule has 6 heteroatoms. The summed E-state index contributed by atoms with van der Waals surface area (Å²) in [6.45, 7) is 0.486. The highest BCUT2D eigenvalue weighted by atomic mass is 19.1. The molecule has 0 radical (unpaired) electrons. The zero-order chi connectivity index (χ0) is 21.6. The van der Waals surface area contributed by atoms with E-state index in [0.29, 0.717) is 12.1 Å². The topological polar surface area (TPSA) is 58.6 Å². The lowest BCUT2D eigenvalue weighted by atomic mass is 9.89. The van der Waals surface area contributed by atoms with Gasteiger partial charge in [0.1, 0.15) is 18.5 Å². The molecule has 1 aliphatic heterocycles. The Hall–Kier alpha value is -3.15. The van der Waals surface area contributed by atoms with Gasteiger partial charge in [0.25, 0.3) is 5.91 Å². The van der Waals surface area contributed by atoms with Crippen LogP contribution in [0.1, 0.15) is 36.8 Å². The molecule has 2 atom stereocenters. The van der Waals surface area contributed by atoms with Gasteiger partial charge in [-0.1, -0.05) is 55.0 Å². The summed E-state index contributed by atoms with van der Waals surface area (Å²) in [6, 6.07) is 16.1. The molecule has 2 unspecified atom stereocenters. The largest absolute Gasteiger partial charge is 0.482 e. The second kappa shape index (κ2) is 9.77. The van der Waals surface area contributed by atoms with Gasteiger partial charge in [0.15, 0.2) is 5.76 Å². The summed E-state index contributed by atoms with van der Waals surface area (Å²) >= 11 is 0. The summed E-state index contributed by atoms with van der Waals surface area (Å²) < 4.78 is 20.1. The molecule has 0 bridgehead atoms. The van der Waals surface area contributed by atoms with Crippen LogP contribution in [0, 0.1) is 5.82 Å². The van der Waals surface area contributed by atoms with E-state index in [1.807, 2.05) is 30.3 Å². The number of amides is 2. The Balaban J connectivity index is 1.45. The summed E-state index contributed by atoms with van der Waals surface area (Å²) in [5.41, 5.74) is 1.44. The number of nitrogens with zero attached hydrogens (tertiary/aromatic N) is 1. The standard InChI is InChI=1S/C25H27FN2O3/c26-20-11-5-4-10-19(20)16-23-25(30)28(21-12-6-7-13-22(21)31-23)17-24(29)27-15-14-18-8-2-1-3-9-18/h1-5,8-11,16,21-22H,6-7,12-15,17H2,(H,27,29)/b23-16-. The fraction of sp³-hybridized carbons (Fsp3) is 0.360. The Labute approximate surface area is 181 Å². The van der Waals surface area contributed by atoms with Crippen LogP contribution in [0.3, 0.4) is 0 Å². The number of hydrogen-bond donors (Lipinski definition) is 1. The van der Waals surface area contributed by atoms with E-state index in [9.17, 15) is 14.0 Å². The van der Waals surface area contributed by atoms with Crippen molar-refractivity contribution in [2.24, 2.45) is 0 Å². The monoisotopic (exact) mass is 422 g/mol. The molecule has 2 fully saturated rings. The highest BCUT2D eigenvalue weighted by Crippen LogP contribution is 2.33. The number of rotatable bonds is 6. The summed E-state index contributed by atoms with van der Waals surface area (Å²) in [5.74, 6) is -0.863. The van der Waals surface area contributed by atoms with Crippen molar-refractivity contribution in [1.29, 1.82) is 0 Å². The van der Waals surface area contributed by atoms with Crippen molar-refractivity contribution >= 4 is 17.9 Å². The van der Waals surface area contributed by atoms with Gasteiger partial charge in [0.2, 0.25) is 5.91 Å². The van der Waals surface area contributed by atoms with Gasteiger partial charge < -0.3 is 15.0 Å². The predicted molar refractivity (Wildman–Crippen MR) is 116 cm³/mol. The van der Waals surface area contributed by atoms with Crippen LogP contribution in [0.15, 0.2) is 60.4 Å². The number of ether oxygens (including phenoxy) is 1. The minimum absolute atomic E-state index is 0.0211. The SMILES string of the molecule is O=C(CN1C(=O)/C(=C/c2ccccc2F)OC2CCCCC21)NCCc1ccccc1. The molecule has 2 aromatic carbocycles. The first-order chi connectivity index (χ1) is 15.1. The fourth-order valence-corrected chi connectivity index (χ4v) is 4.30. The van der Waals surface area contributed by atoms with Crippen LogP contribution in [0.4, 0.5) is 4.39 Å².